The Morgan fingerprint density at radius 3 is 2.35 bits per heavy atom. The van der Waals surface area contributed by atoms with Crippen LogP contribution in [0.3, 0.4) is 0 Å². The number of piperazine rings is 1. The second kappa shape index (κ2) is 12.2. The number of likely N-dealkylation sites (N-methyl/N-ethyl adjacent to an activating group) is 1. The molecule has 3 heterocycles. The van der Waals surface area contributed by atoms with Crippen molar-refractivity contribution in [1.29, 1.82) is 0 Å². The van der Waals surface area contributed by atoms with Gasteiger partial charge >= 0.3 is 0 Å². The minimum atomic E-state index is -0.0148. The summed E-state index contributed by atoms with van der Waals surface area (Å²) in [6.07, 6.45) is 7.08. The lowest BCUT2D eigenvalue weighted by atomic mass is 10.1. The van der Waals surface area contributed by atoms with Crippen LogP contribution >= 0.6 is 0 Å². The second-order valence-corrected chi connectivity index (χ2v) is 9.00. The summed E-state index contributed by atoms with van der Waals surface area (Å²) in [5.74, 6) is 1.01. The van der Waals surface area contributed by atoms with E-state index in [1.54, 1.807) is 19.0 Å². The average molecular weight is 437 g/mol. The molecular weight excluding hydrogens is 396 g/mol. The summed E-state index contributed by atoms with van der Waals surface area (Å²) < 4.78 is 5.84. The van der Waals surface area contributed by atoms with Crippen LogP contribution in [0.25, 0.3) is 0 Å². The molecule has 9 nitrogen and oxygen atoms in total. The van der Waals surface area contributed by atoms with Crippen LogP contribution in [0.2, 0.25) is 0 Å². The summed E-state index contributed by atoms with van der Waals surface area (Å²) in [5.41, 5.74) is 0. The molecule has 0 aromatic carbocycles. The lowest BCUT2D eigenvalue weighted by Gasteiger charge is -2.38. The molecule has 1 N–H and O–H groups in total. The van der Waals surface area contributed by atoms with Crippen LogP contribution in [0.4, 0.5) is 0 Å². The average Bonchev–Trinajstić information content (AvgIpc) is 2.80. The first-order valence-electron chi connectivity index (χ1n) is 11.9. The zero-order chi connectivity index (χ0) is 22.1. The maximum Gasteiger partial charge on any atom is 0.243 e. The number of nitrogens with one attached hydrogen (secondary N) is 1. The molecule has 1 atom stereocenters. The van der Waals surface area contributed by atoms with E-state index in [1.165, 1.54) is 12.8 Å². The maximum atomic E-state index is 12.6. The Labute approximate surface area is 186 Å². The number of carbonyl (C=O) groups is 2. The fourth-order valence-electron chi connectivity index (χ4n) is 4.28. The molecule has 0 bridgehead atoms. The fourth-order valence-corrected chi connectivity index (χ4v) is 4.28. The number of rotatable bonds is 6. The number of piperidine rings is 1. The molecule has 0 aliphatic carbocycles. The van der Waals surface area contributed by atoms with Gasteiger partial charge in [-0.1, -0.05) is 0 Å². The molecule has 1 unspecified atom stereocenters. The van der Waals surface area contributed by atoms with Gasteiger partial charge in [0, 0.05) is 66.5 Å². The third-order valence-corrected chi connectivity index (χ3v) is 6.36. The van der Waals surface area contributed by atoms with Crippen molar-refractivity contribution in [3.63, 3.8) is 0 Å². The molecule has 3 aliphatic heterocycles. The largest absolute Gasteiger partial charge is 0.376 e. The van der Waals surface area contributed by atoms with Gasteiger partial charge in [0.25, 0.3) is 0 Å². The molecule has 176 valence electrons. The predicted octanol–water partition coefficient (Wildman–Crippen LogP) is 0.219. The van der Waals surface area contributed by atoms with E-state index in [0.717, 1.165) is 77.5 Å². The smallest absolute Gasteiger partial charge is 0.243 e. The first kappa shape index (κ1) is 23.8. The molecular formula is C22H40N6O3. The molecule has 0 saturated carbocycles. The van der Waals surface area contributed by atoms with Gasteiger partial charge in [0.1, 0.15) is 6.54 Å². The third-order valence-electron chi connectivity index (χ3n) is 6.36. The van der Waals surface area contributed by atoms with Crippen molar-refractivity contribution >= 4 is 17.8 Å². The number of nitrogens with zero attached hydrogens (tertiary/aromatic N) is 5. The zero-order valence-corrected chi connectivity index (χ0v) is 19.4. The van der Waals surface area contributed by atoms with Crippen molar-refractivity contribution in [3.05, 3.63) is 0 Å². The van der Waals surface area contributed by atoms with E-state index in [9.17, 15) is 9.59 Å². The number of hydrogen-bond donors (Lipinski definition) is 1. The van der Waals surface area contributed by atoms with Gasteiger partial charge in [0.15, 0.2) is 5.96 Å². The van der Waals surface area contributed by atoms with Crippen molar-refractivity contribution < 1.29 is 14.3 Å². The van der Waals surface area contributed by atoms with Gasteiger partial charge in [-0.05, 0) is 38.5 Å². The summed E-state index contributed by atoms with van der Waals surface area (Å²) in [6, 6.07) is 0. The Kier molecular flexibility index (Phi) is 9.39. The minimum Gasteiger partial charge on any atom is -0.376 e. The molecule has 2 amide bonds. The van der Waals surface area contributed by atoms with E-state index in [4.69, 9.17) is 4.74 Å². The van der Waals surface area contributed by atoms with Gasteiger partial charge in [-0.2, -0.15) is 0 Å². The summed E-state index contributed by atoms with van der Waals surface area (Å²) in [4.78, 5) is 37.3. The third kappa shape index (κ3) is 7.64. The van der Waals surface area contributed by atoms with Crippen molar-refractivity contribution in [2.45, 2.75) is 44.6 Å². The van der Waals surface area contributed by atoms with Crippen LogP contribution < -0.4 is 5.32 Å². The first-order valence-corrected chi connectivity index (χ1v) is 11.9. The van der Waals surface area contributed by atoms with Crippen molar-refractivity contribution in [1.82, 2.24) is 24.9 Å². The van der Waals surface area contributed by atoms with E-state index in [1.807, 2.05) is 4.90 Å². The standard InChI is InChI=1S/C22H40N6O3/c1-25(2)20(29)17-24-22(23-16-19-8-4-7-15-31-19)28-13-11-26(12-14-28)18-21(30)27-9-5-3-6-10-27/h19H,3-18H2,1-2H3,(H,23,24). The van der Waals surface area contributed by atoms with Crippen LogP contribution in [0.15, 0.2) is 4.99 Å². The van der Waals surface area contributed by atoms with E-state index >= 15 is 0 Å². The topological polar surface area (TPSA) is 80.7 Å². The van der Waals surface area contributed by atoms with Gasteiger partial charge in [-0.15, -0.1) is 0 Å². The quantitative estimate of drug-likeness (QED) is 0.474. The number of likely N-dealkylation sites (tertiary alicyclic amines) is 1. The van der Waals surface area contributed by atoms with Crippen molar-refractivity contribution in [2.24, 2.45) is 4.99 Å². The van der Waals surface area contributed by atoms with Crippen LogP contribution in [-0.4, -0.2) is 123 Å². The monoisotopic (exact) mass is 436 g/mol. The molecule has 0 aromatic heterocycles. The number of aliphatic imine (C=N–C) groups is 1. The molecule has 3 saturated heterocycles. The van der Waals surface area contributed by atoms with Gasteiger partial charge in [-0.3, -0.25) is 14.5 Å². The fraction of sp³-hybridized carbons (Fsp3) is 0.864. The van der Waals surface area contributed by atoms with E-state index in [-0.39, 0.29) is 24.5 Å². The SMILES string of the molecule is CN(C)C(=O)CN=C(NCC1CCCCO1)N1CCN(CC(=O)N2CCCCC2)CC1. The second-order valence-electron chi connectivity index (χ2n) is 9.00. The zero-order valence-electron chi connectivity index (χ0n) is 19.4. The van der Waals surface area contributed by atoms with Crippen LogP contribution in [0, 0.1) is 0 Å². The lowest BCUT2D eigenvalue weighted by Crippen LogP contribution is -2.55. The molecule has 3 fully saturated rings. The minimum absolute atomic E-state index is 0.0148. The summed E-state index contributed by atoms with van der Waals surface area (Å²) >= 11 is 0. The predicted molar refractivity (Wildman–Crippen MR) is 121 cm³/mol. The number of hydrogen-bond acceptors (Lipinski definition) is 5. The molecule has 0 aromatic rings. The van der Waals surface area contributed by atoms with Gasteiger partial charge in [-0.25, -0.2) is 4.99 Å². The van der Waals surface area contributed by atoms with Gasteiger partial charge < -0.3 is 24.8 Å². The molecule has 0 radical (unpaired) electrons. The van der Waals surface area contributed by atoms with Gasteiger partial charge in [0.2, 0.25) is 11.8 Å². The summed E-state index contributed by atoms with van der Waals surface area (Å²) in [6.45, 7) is 7.21. The van der Waals surface area contributed by atoms with Crippen molar-refractivity contribution in [3.8, 4) is 0 Å². The lowest BCUT2D eigenvalue weighted by molar-refractivity contribution is -0.133. The highest BCUT2D eigenvalue weighted by molar-refractivity contribution is 5.85. The Bertz CT molecular complexity index is 606. The molecule has 9 heteroatoms. The van der Waals surface area contributed by atoms with E-state index in [2.05, 4.69) is 20.1 Å². The molecule has 3 rings (SSSR count). The molecule has 31 heavy (non-hydrogen) atoms. The van der Waals surface area contributed by atoms with E-state index in [0.29, 0.717) is 13.1 Å². The maximum absolute atomic E-state index is 12.6. The number of amides is 2. The van der Waals surface area contributed by atoms with Crippen molar-refractivity contribution in [2.75, 3.05) is 79.6 Å². The highest BCUT2D eigenvalue weighted by Crippen LogP contribution is 2.13. The summed E-state index contributed by atoms with van der Waals surface area (Å²) in [7, 11) is 3.50. The van der Waals surface area contributed by atoms with Crippen LogP contribution in [0.1, 0.15) is 38.5 Å². The first-order chi connectivity index (χ1) is 15.0. The highest BCUT2D eigenvalue weighted by atomic mass is 16.5. The number of guanidine groups is 1. The molecule has 0 spiro atoms. The summed E-state index contributed by atoms with van der Waals surface area (Å²) in [5, 5.41) is 3.45. The normalized spacial score (nSPS) is 23.5. The Morgan fingerprint density at radius 1 is 0.968 bits per heavy atom. The Morgan fingerprint density at radius 2 is 1.71 bits per heavy atom. The van der Waals surface area contributed by atoms with Gasteiger partial charge in [0.05, 0.1) is 12.6 Å². The number of carbonyl (C=O) groups excluding carboxylic acids is 2. The Balaban J connectivity index is 1.50. The highest BCUT2D eigenvalue weighted by Gasteiger charge is 2.25. The van der Waals surface area contributed by atoms with Crippen LogP contribution in [0.5, 0.6) is 0 Å². The molecule has 3 aliphatic rings. The van der Waals surface area contributed by atoms with E-state index < -0.39 is 0 Å². The Hall–Kier alpha value is -1.87. The van der Waals surface area contributed by atoms with Crippen LogP contribution in [-0.2, 0) is 14.3 Å². The number of ether oxygens (including phenoxy) is 1.